The average molecular weight is 267 g/mol. The van der Waals surface area contributed by atoms with Crippen molar-refractivity contribution in [2.75, 3.05) is 5.32 Å². The molecule has 2 rings (SSSR count). The number of imidazole rings is 1. The molecule has 0 bridgehead atoms. The van der Waals surface area contributed by atoms with Crippen LogP contribution < -0.4 is 5.32 Å². The maximum absolute atomic E-state index is 11.7. The molecular formula is C10H7ClN4O3. The predicted octanol–water partition coefficient (Wildman–Crippen LogP) is 2.22. The van der Waals surface area contributed by atoms with E-state index in [1.807, 2.05) is 0 Å². The first-order chi connectivity index (χ1) is 8.58. The Morgan fingerprint density at radius 2 is 2.28 bits per heavy atom. The molecule has 7 nitrogen and oxygen atoms in total. The van der Waals surface area contributed by atoms with Gasteiger partial charge in [-0.1, -0.05) is 11.6 Å². The zero-order valence-electron chi connectivity index (χ0n) is 8.88. The van der Waals surface area contributed by atoms with Crippen molar-refractivity contribution in [3.05, 3.63) is 51.3 Å². The van der Waals surface area contributed by atoms with Crippen molar-refractivity contribution in [3.8, 4) is 0 Å². The third kappa shape index (κ3) is 2.46. The monoisotopic (exact) mass is 266 g/mol. The highest BCUT2D eigenvalue weighted by atomic mass is 35.5. The molecule has 1 aromatic carbocycles. The van der Waals surface area contributed by atoms with Crippen molar-refractivity contribution < 1.29 is 9.72 Å². The van der Waals surface area contributed by atoms with Gasteiger partial charge in [0.25, 0.3) is 11.6 Å². The van der Waals surface area contributed by atoms with Crippen molar-refractivity contribution in [3.63, 3.8) is 0 Å². The number of benzene rings is 1. The van der Waals surface area contributed by atoms with E-state index in [0.29, 0.717) is 0 Å². The lowest BCUT2D eigenvalue weighted by atomic mass is 10.2. The van der Waals surface area contributed by atoms with Crippen molar-refractivity contribution in [1.29, 1.82) is 0 Å². The summed E-state index contributed by atoms with van der Waals surface area (Å²) in [6.45, 7) is 0. The first-order valence-corrected chi connectivity index (χ1v) is 5.20. The summed E-state index contributed by atoms with van der Waals surface area (Å²) in [5.41, 5.74) is -0.0341. The van der Waals surface area contributed by atoms with Gasteiger partial charge in [-0.05, 0) is 12.1 Å². The summed E-state index contributed by atoms with van der Waals surface area (Å²) in [6, 6.07) is 3.74. The SMILES string of the molecule is O=C(Nc1ncc[nH]1)c1ccc([N+](=O)[O-])c(Cl)c1. The van der Waals surface area contributed by atoms with Crippen molar-refractivity contribution >= 4 is 29.1 Å². The second-order valence-electron chi connectivity index (χ2n) is 3.32. The molecule has 18 heavy (non-hydrogen) atoms. The molecule has 0 radical (unpaired) electrons. The number of halogens is 1. The van der Waals surface area contributed by atoms with E-state index in [2.05, 4.69) is 15.3 Å². The number of rotatable bonds is 3. The van der Waals surface area contributed by atoms with Crippen LogP contribution in [0.1, 0.15) is 10.4 Å². The predicted molar refractivity (Wildman–Crippen MR) is 64.6 cm³/mol. The number of nitrogens with zero attached hydrogens (tertiary/aromatic N) is 2. The molecule has 8 heteroatoms. The largest absolute Gasteiger partial charge is 0.331 e. The summed E-state index contributed by atoms with van der Waals surface area (Å²) < 4.78 is 0. The average Bonchev–Trinajstić information content (AvgIpc) is 2.81. The Labute approximate surface area is 106 Å². The molecule has 0 unspecified atom stereocenters. The third-order valence-electron chi connectivity index (χ3n) is 2.14. The van der Waals surface area contributed by atoms with Crippen molar-refractivity contribution in [1.82, 2.24) is 9.97 Å². The lowest BCUT2D eigenvalue weighted by molar-refractivity contribution is -0.384. The molecule has 2 aromatic rings. The number of anilines is 1. The fraction of sp³-hybridized carbons (Fsp3) is 0. The summed E-state index contributed by atoms with van der Waals surface area (Å²) >= 11 is 5.71. The van der Waals surface area contributed by atoms with Gasteiger partial charge in [-0.3, -0.25) is 20.2 Å². The van der Waals surface area contributed by atoms with Crippen LogP contribution in [-0.2, 0) is 0 Å². The van der Waals surface area contributed by atoms with Gasteiger partial charge in [0.15, 0.2) is 0 Å². The Hall–Kier alpha value is -2.41. The molecule has 0 atom stereocenters. The smallest absolute Gasteiger partial charge is 0.287 e. The van der Waals surface area contributed by atoms with Gasteiger partial charge in [0, 0.05) is 24.0 Å². The second kappa shape index (κ2) is 4.84. The number of carbonyl (C=O) groups excluding carboxylic acids is 1. The van der Waals surface area contributed by atoms with E-state index in [-0.39, 0.29) is 22.2 Å². The molecule has 1 heterocycles. The minimum Gasteiger partial charge on any atom is -0.331 e. The molecule has 0 aliphatic rings. The van der Waals surface area contributed by atoms with E-state index < -0.39 is 10.8 Å². The van der Waals surface area contributed by atoms with Gasteiger partial charge in [-0.2, -0.15) is 0 Å². The molecule has 0 saturated heterocycles. The Morgan fingerprint density at radius 3 is 2.83 bits per heavy atom. The zero-order valence-corrected chi connectivity index (χ0v) is 9.64. The Bertz CT molecular complexity index is 597. The normalized spacial score (nSPS) is 10.1. The summed E-state index contributed by atoms with van der Waals surface area (Å²) in [6.07, 6.45) is 3.04. The van der Waals surface area contributed by atoms with Crippen LogP contribution in [0, 0.1) is 10.1 Å². The van der Waals surface area contributed by atoms with Gasteiger partial charge in [0.05, 0.1) is 4.92 Å². The van der Waals surface area contributed by atoms with Crippen LogP contribution in [-0.4, -0.2) is 20.8 Å². The summed E-state index contributed by atoms with van der Waals surface area (Å²) in [5.74, 6) is -0.170. The van der Waals surface area contributed by atoms with Gasteiger partial charge in [0.2, 0.25) is 5.95 Å². The highest BCUT2D eigenvalue weighted by Gasteiger charge is 2.15. The lowest BCUT2D eigenvalue weighted by Gasteiger charge is -2.02. The molecule has 1 aromatic heterocycles. The van der Waals surface area contributed by atoms with Crippen LogP contribution >= 0.6 is 11.6 Å². The molecular weight excluding hydrogens is 260 g/mol. The highest BCUT2D eigenvalue weighted by molar-refractivity contribution is 6.33. The molecule has 0 aliphatic heterocycles. The number of hydrogen-bond acceptors (Lipinski definition) is 4. The molecule has 2 N–H and O–H groups in total. The Kier molecular flexibility index (Phi) is 3.24. The molecule has 0 aliphatic carbocycles. The summed E-state index contributed by atoms with van der Waals surface area (Å²) in [5, 5.41) is 13.0. The minimum absolute atomic E-state index is 0.0907. The van der Waals surface area contributed by atoms with Gasteiger partial charge < -0.3 is 4.98 Å². The molecule has 0 fully saturated rings. The van der Waals surface area contributed by atoms with E-state index in [0.717, 1.165) is 0 Å². The van der Waals surface area contributed by atoms with Crippen molar-refractivity contribution in [2.24, 2.45) is 0 Å². The van der Waals surface area contributed by atoms with Crippen LogP contribution in [0.5, 0.6) is 0 Å². The van der Waals surface area contributed by atoms with Gasteiger partial charge in [0.1, 0.15) is 5.02 Å². The van der Waals surface area contributed by atoms with E-state index in [1.54, 1.807) is 6.20 Å². The number of hydrogen-bond donors (Lipinski definition) is 2. The highest BCUT2D eigenvalue weighted by Crippen LogP contribution is 2.25. The number of carbonyl (C=O) groups is 1. The van der Waals surface area contributed by atoms with Crippen LogP contribution in [0.4, 0.5) is 11.6 Å². The third-order valence-corrected chi connectivity index (χ3v) is 2.44. The summed E-state index contributed by atoms with van der Waals surface area (Å²) in [4.78, 5) is 28.2. The number of nitro groups is 1. The molecule has 92 valence electrons. The number of aromatic nitrogens is 2. The zero-order chi connectivity index (χ0) is 13.1. The second-order valence-corrected chi connectivity index (χ2v) is 3.72. The maximum atomic E-state index is 11.7. The minimum atomic E-state index is -0.615. The van der Waals surface area contributed by atoms with E-state index in [1.165, 1.54) is 24.4 Å². The number of H-pyrrole nitrogens is 1. The van der Waals surface area contributed by atoms with Crippen molar-refractivity contribution in [2.45, 2.75) is 0 Å². The van der Waals surface area contributed by atoms with Crippen LogP contribution in [0.25, 0.3) is 0 Å². The number of amides is 1. The first kappa shape index (κ1) is 12.1. The van der Waals surface area contributed by atoms with Crippen LogP contribution in [0.2, 0.25) is 5.02 Å². The topological polar surface area (TPSA) is 101 Å². The van der Waals surface area contributed by atoms with Crippen LogP contribution in [0.15, 0.2) is 30.6 Å². The van der Waals surface area contributed by atoms with E-state index in [9.17, 15) is 14.9 Å². The number of nitro benzene ring substituents is 1. The summed E-state index contributed by atoms with van der Waals surface area (Å²) in [7, 11) is 0. The standard InChI is InChI=1S/C10H7ClN4O3/c11-7-5-6(1-2-8(7)15(17)18)9(16)14-10-12-3-4-13-10/h1-5H,(H2,12,13,14,16). The lowest BCUT2D eigenvalue weighted by Crippen LogP contribution is -2.13. The van der Waals surface area contributed by atoms with Gasteiger partial charge in [-0.15, -0.1) is 0 Å². The van der Waals surface area contributed by atoms with E-state index in [4.69, 9.17) is 11.6 Å². The first-order valence-electron chi connectivity index (χ1n) is 4.82. The van der Waals surface area contributed by atoms with Gasteiger partial charge in [-0.25, -0.2) is 4.98 Å². The van der Waals surface area contributed by atoms with Crippen LogP contribution in [0.3, 0.4) is 0 Å². The molecule has 0 saturated carbocycles. The number of nitrogens with one attached hydrogen (secondary N) is 2. The van der Waals surface area contributed by atoms with E-state index >= 15 is 0 Å². The fourth-order valence-electron chi connectivity index (χ4n) is 1.31. The Balaban J connectivity index is 2.21. The fourth-order valence-corrected chi connectivity index (χ4v) is 1.56. The quantitative estimate of drug-likeness (QED) is 0.657. The maximum Gasteiger partial charge on any atom is 0.287 e. The molecule has 0 spiro atoms. The van der Waals surface area contributed by atoms with Gasteiger partial charge >= 0.3 is 0 Å². The molecule has 1 amide bonds. The Morgan fingerprint density at radius 1 is 1.50 bits per heavy atom. The number of aromatic amines is 1.